The SMILES string of the molecule is Cc1cc(F)ccc1S(=O)(=O)N[C@H]1C[C@@H]2CC[C@@H]1C2. The summed E-state index contributed by atoms with van der Waals surface area (Å²) in [6, 6.07) is 3.87. The molecule has 2 bridgehead atoms. The van der Waals surface area contributed by atoms with Crippen LogP contribution in [-0.4, -0.2) is 14.5 Å². The smallest absolute Gasteiger partial charge is 0.208 e. The number of hydrogen-bond acceptors (Lipinski definition) is 2. The van der Waals surface area contributed by atoms with E-state index in [4.69, 9.17) is 0 Å². The van der Waals surface area contributed by atoms with E-state index in [1.54, 1.807) is 6.92 Å². The number of nitrogens with one attached hydrogen (secondary N) is 1. The van der Waals surface area contributed by atoms with Gasteiger partial charge in [0.1, 0.15) is 5.82 Å². The molecule has 2 saturated carbocycles. The predicted molar refractivity (Wildman–Crippen MR) is 70.7 cm³/mol. The number of fused-ring (bicyclic) bond motifs is 2. The summed E-state index contributed by atoms with van der Waals surface area (Å²) >= 11 is 0. The van der Waals surface area contributed by atoms with Gasteiger partial charge in [0.25, 0.3) is 0 Å². The van der Waals surface area contributed by atoms with Crippen LogP contribution in [0.4, 0.5) is 4.39 Å². The van der Waals surface area contributed by atoms with Crippen LogP contribution in [0.1, 0.15) is 31.2 Å². The van der Waals surface area contributed by atoms with Gasteiger partial charge in [-0.1, -0.05) is 6.42 Å². The van der Waals surface area contributed by atoms with Crippen molar-refractivity contribution in [3.63, 3.8) is 0 Å². The molecule has 0 spiro atoms. The van der Waals surface area contributed by atoms with E-state index >= 15 is 0 Å². The van der Waals surface area contributed by atoms with Gasteiger partial charge in [-0.3, -0.25) is 0 Å². The zero-order valence-corrected chi connectivity index (χ0v) is 11.7. The highest BCUT2D eigenvalue weighted by Gasteiger charge is 2.41. The molecule has 2 aliphatic carbocycles. The van der Waals surface area contributed by atoms with Crippen molar-refractivity contribution in [2.75, 3.05) is 0 Å². The van der Waals surface area contributed by atoms with Gasteiger partial charge in [-0.25, -0.2) is 17.5 Å². The lowest BCUT2D eigenvalue weighted by Gasteiger charge is -2.23. The van der Waals surface area contributed by atoms with Gasteiger partial charge in [0.05, 0.1) is 4.90 Å². The van der Waals surface area contributed by atoms with Gasteiger partial charge in [-0.15, -0.1) is 0 Å². The summed E-state index contributed by atoms with van der Waals surface area (Å²) in [5.41, 5.74) is 0.454. The largest absolute Gasteiger partial charge is 0.241 e. The maximum Gasteiger partial charge on any atom is 0.241 e. The summed E-state index contributed by atoms with van der Waals surface area (Å²) in [4.78, 5) is 0.191. The number of aryl methyl sites for hydroxylation is 1. The Morgan fingerprint density at radius 3 is 2.63 bits per heavy atom. The van der Waals surface area contributed by atoms with E-state index in [2.05, 4.69) is 4.72 Å². The Kier molecular flexibility index (Phi) is 3.14. The molecule has 19 heavy (non-hydrogen) atoms. The van der Waals surface area contributed by atoms with Gasteiger partial charge in [0, 0.05) is 6.04 Å². The molecule has 5 heteroatoms. The Bertz CT molecular complexity index is 599. The van der Waals surface area contributed by atoms with Gasteiger partial charge < -0.3 is 0 Å². The quantitative estimate of drug-likeness (QED) is 0.927. The highest BCUT2D eigenvalue weighted by atomic mass is 32.2. The molecule has 0 radical (unpaired) electrons. The van der Waals surface area contributed by atoms with Crippen molar-refractivity contribution in [3.8, 4) is 0 Å². The van der Waals surface area contributed by atoms with Crippen molar-refractivity contribution in [3.05, 3.63) is 29.6 Å². The van der Waals surface area contributed by atoms with E-state index < -0.39 is 15.8 Å². The molecular formula is C14H18FNO2S. The fourth-order valence-corrected chi connectivity index (χ4v) is 5.11. The van der Waals surface area contributed by atoms with Crippen LogP contribution in [0.25, 0.3) is 0 Å². The molecule has 1 N–H and O–H groups in total. The number of halogens is 1. The Morgan fingerprint density at radius 1 is 1.26 bits per heavy atom. The monoisotopic (exact) mass is 283 g/mol. The summed E-state index contributed by atoms with van der Waals surface area (Å²) < 4.78 is 40.6. The first kappa shape index (κ1) is 13.1. The van der Waals surface area contributed by atoms with Crippen molar-refractivity contribution in [1.82, 2.24) is 4.72 Å². The minimum Gasteiger partial charge on any atom is -0.208 e. The molecule has 0 unspecified atom stereocenters. The summed E-state index contributed by atoms with van der Waals surface area (Å²) in [6.07, 6.45) is 4.46. The van der Waals surface area contributed by atoms with Gasteiger partial charge in [0.15, 0.2) is 0 Å². The second-order valence-electron chi connectivity index (χ2n) is 5.81. The van der Waals surface area contributed by atoms with Crippen molar-refractivity contribution in [1.29, 1.82) is 0 Å². The average Bonchev–Trinajstić information content (AvgIpc) is 2.89. The van der Waals surface area contributed by atoms with E-state index in [0.717, 1.165) is 19.3 Å². The van der Waals surface area contributed by atoms with Gasteiger partial charge in [0.2, 0.25) is 10.0 Å². The third-order valence-corrected chi connectivity index (χ3v) is 6.12. The van der Waals surface area contributed by atoms with E-state index in [0.29, 0.717) is 17.4 Å². The van der Waals surface area contributed by atoms with Crippen molar-refractivity contribution >= 4 is 10.0 Å². The topological polar surface area (TPSA) is 46.2 Å². The Balaban J connectivity index is 1.83. The molecular weight excluding hydrogens is 265 g/mol. The van der Waals surface area contributed by atoms with Crippen LogP contribution >= 0.6 is 0 Å². The lowest BCUT2D eigenvalue weighted by atomic mass is 9.96. The highest BCUT2D eigenvalue weighted by Crippen LogP contribution is 2.44. The van der Waals surface area contributed by atoms with Crippen LogP contribution in [-0.2, 0) is 10.0 Å². The lowest BCUT2D eigenvalue weighted by molar-refractivity contribution is 0.390. The normalized spacial score (nSPS) is 29.9. The molecule has 2 aliphatic rings. The number of sulfonamides is 1. The summed E-state index contributed by atoms with van der Waals surface area (Å²) in [6.45, 7) is 1.62. The van der Waals surface area contributed by atoms with Crippen molar-refractivity contribution < 1.29 is 12.8 Å². The van der Waals surface area contributed by atoms with Crippen molar-refractivity contribution in [2.45, 2.75) is 43.5 Å². The second kappa shape index (κ2) is 4.56. The average molecular weight is 283 g/mol. The number of hydrogen-bond donors (Lipinski definition) is 1. The molecule has 0 aliphatic heterocycles. The fourth-order valence-electron chi connectivity index (χ4n) is 3.57. The lowest BCUT2D eigenvalue weighted by Crippen LogP contribution is -2.38. The third-order valence-electron chi connectivity index (χ3n) is 4.47. The number of rotatable bonds is 3. The first-order valence-corrected chi connectivity index (χ1v) is 8.22. The number of benzene rings is 1. The van der Waals surface area contributed by atoms with E-state index in [-0.39, 0.29) is 10.9 Å². The van der Waals surface area contributed by atoms with Crippen LogP contribution in [0, 0.1) is 24.6 Å². The Labute approximate surface area is 113 Å². The van der Waals surface area contributed by atoms with Crippen LogP contribution in [0.2, 0.25) is 0 Å². The first-order chi connectivity index (χ1) is 8.95. The van der Waals surface area contributed by atoms with Crippen LogP contribution in [0.5, 0.6) is 0 Å². The maximum absolute atomic E-state index is 13.0. The minimum atomic E-state index is -3.53. The molecule has 104 valence electrons. The third kappa shape index (κ3) is 2.41. The van der Waals surface area contributed by atoms with Crippen LogP contribution in [0.3, 0.4) is 0 Å². The summed E-state index contributed by atoms with van der Waals surface area (Å²) in [5.74, 6) is 0.768. The van der Waals surface area contributed by atoms with Gasteiger partial charge in [-0.05, 0) is 61.8 Å². The zero-order valence-electron chi connectivity index (χ0n) is 10.9. The Hall–Kier alpha value is -0.940. The second-order valence-corrected chi connectivity index (χ2v) is 7.49. The molecule has 1 aromatic rings. The molecule has 0 saturated heterocycles. The first-order valence-electron chi connectivity index (χ1n) is 6.74. The van der Waals surface area contributed by atoms with Crippen molar-refractivity contribution in [2.24, 2.45) is 11.8 Å². The molecule has 0 aromatic heterocycles. The van der Waals surface area contributed by atoms with Gasteiger partial charge in [-0.2, -0.15) is 0 Å². The van der Waals surface area contributed by atoms with E-state index in [1.807, 2.05) is 0 Å². The molecule has 0 amide bonds. The molecule has 2 fully saturated rings. The Morgan fingerprint density at radius 2 is 2.05 bits per heavy atom. The maximum atomic E-state index is 13.0. The van der Waals surface area contributed by atoms with Crippen LogP contribution in [0.15, 0.2) is 23.1 Å². The predicted octanol–water partition coefficient (Wildman–Crippen LogP) is 2.60. The van der Waals surface area contributed by atoms with E-state index in [1.165, 1.54) is 24.6 Å². The molecule has 1 aromatic carbocycles. The summed E-state index contributed by atoms with van der Waals surface area (Å²) in [7, 11) is -3.53. The molecule has 3 rings (SSSR count). The molecule has 0 heterocycles. The van der Waals surface area contributed by atoms with Crippen LogP contribution < -0.4 is 4.72 Å². The highest BCUT2D eigenvalue weighted by molar-refractivity contribution is 7.89. The summed E-state index contributed by atoms with van der Waals surface area (Å²) in [5, 5.41) is 0. The molecule has 3 nitrogen and oxygen atoms in total. The molecule has 3 atom stereocenters. The fraction of sp³-hybridized carbons (Fsp3) is 0.571. The zero-order chi connectivity index (χ0) is 13.6. The standard InChI is InChI=1S/C14H18FNO2S/c1-9-6-12(15)4-5-14(9)19(17,18)16-13-8-10-2-3-11(13)7-10/h4-6,10-11,13,16H,2-3,7-8H2,1H3/t10-,11-,13+/m1/s1. The minimum absolute atomic E-state index is 0.0632. The van der Waals surface area contributed by atoms with E-state index in [9.17, 15) is 12.8 Å². The van der Waals surface area contributed by atoms with Gasteiger partial charge >= 0.3 is 0 Å².